The topological polar surface area (TPSA) is 81.7 Å². The Kier molecular flexibility index (Phi) is 4.22. The molecule has 1 aliphatic heterocycles. The Labute approximate surface area is 99.6 Å². The van der Waals surface area contributed by atoms with E-state index >= 15 is 0 Å². The molecular formula is C11H17NO5. The number of carbonyl (C=O) groups is 3. The van der Waals surface area contributed by atoms with Crippen molar-refractivity contribution in [3.8, 4) is 0 Å². The van der Waals surface area contributed by atoms with Crippen molar-refractivity contribution in [3.05, 3.63) is 0 Å². The molecule has 1 aliphatic rings. The predicted molar refractivity (Wildman–Crippen MR) is 58.3 cm³/mol. The molecular weight excluding hydrogens is 226 g/mol. The zero-order valence-corrected chi connectivity index (χ0v) is 10.2. The lowest BCUT2D eigenvalue weighted by Gasteiger charge is -2.21. The summed E-state index contributed by atoms with van der Waals surface area (Å²) in [6.45, 7) is 5.67. The van der Waals surface area contributed by atoms with Crippen molar-refractivity contribution in [2.24, 2.45) is 5.92 Å². The zero-order chi connectivity index (χ0) is 13.1. The van der Waals surface area contributed by atoms with E-state index in [0.29, 0.717) is 13.0 Å². The van der Waals surface area contributed by atoms with E-state index in [0.717, 1.165) is 0 Å². The summed E-state index contributed by atoms with van der Waals surface area (Å²) in [6.07, 6.45) is -0.714. The molecule has 96 valence electrons. The van der Waals surface area contributed by atoms with Crippen molar-refractivity contribution in [2.75, 3.05) is 13.1 Å². The van der Waals surface area contributed by atoms with Crippen molar-refractivity contribution < 1.29 is 23.9 Å². The van der Waals surface area contributed by atoms with Crippen molar-refractivity contribution in [3.63, 3.8) is 0 Å². The number of rotatable bonds is 1. The van der Waals surface area contributed by atoms with Gasteiger partial charge in [0.25, 0.3) is 0 Å². The van der Waals surface area contributed by atoms with Gasteiger partial charge in [-0.15, -0.1) is 0 Å². The lowest BCUT2D eigenvalue weighted by Crippen LogP contribution is -2.42. The molecule has 17 heavy (non-hydrogen) atoms. The maximum absolute atomic E-state index is 11.5. The molecule has 0 aromatic heterocycles. The highest BCUT2D eigenvalue weighted by Crippen LogP contribution is 2.13. The average Bonchev–Trinajstić information content (AvgIpc) is 2.14. The van der Waals surface area contributed by atoms with Gasteiger partial charge in [-0.3, -0.25) is 9.59 Å². The normalized spacial score (nSPS) is 20.9. The average molecular weight is 243 g/mol. The van der Waals surface area contributed by atoms with Crippen LogP contribution in [0.25, 0.3) is 0 Å². The second-order valence-corrected chi connectivity index (χ2v) is 4.87. The first-order valence-corrected chi connectivity index (χ1v) is 5.48. The standard InChI is InChI=1S/C11H17NO5/c1-11(2,3)17-10(15)16-9(14)7-4-5-12-6-8(7)13/h7,12H,4-6H2,1-3H3. The predicted octanol–water partition coefficient (Wildman–Crippen LogP) is 0.643. The highest BCUT2D eigenvalue weighted by atomic mass is 16.7. The van der Waals surface area contributed by atoms with Crippen LogP contribution in [0.2, 0.25) is 0 Å². The Bertz CT molecular complexity index is 331. The van der Waals surface area contributed by atoms with Gasteiger partial charge in [-0.2, -0.15) is 0 Å². The molecule has 0 bridgehead atoms. The smallest absolute Gasteiger partial charge is 0.428 e. The van der Waals surface area contributed by atoms with Gasteiger partial charge in [-0.1, -0.05) is 0 Å². The molecule has 6 heteroatoms. The minimum absolute atomic E-state index is 0.133. The van der Waals surface area contributed by atoms with Crippen LogP contribution >= 0.6 is 0 Å². The number of ether oxygens (including phenoxy) is 2. The van der Waals surface area contributed by atoms with Gasteiger partial charge in [0.2, 0.25) is 0 Å². The van der Waals surface area contributed by atoms with Crippen molar-refractivity contribution >= 4 is 17.9 Å². The summed E-state index contributed by atoms with van der Waals surface area (Å²) in [4.78, 5) is 34.1. The first kappa shape index (κ1) is 13.6. The Hall–Kier alpha value is -1.43. The van der Waals surface area contributed by atoms with Gasteiger partial charge in [-0.05, 0) is 33.7 Å². The Morgan fingerprint density at radius 1 is 1.35 bits per heavy atom. The second-order valence-electron chi connectivity index (χ2n) is 4.87. The fourth-order valence-corrected chi connectivity index (χ4v) is 1.42. The van der Waals surface area contributed by atoms with Crippen LogP contribution in [0.5, 0.6) is 0 Å². The summed E-state index contributed by atoms with van der Waals surface area (Å²) in [5.41, 5.74) is -0.727. The third-order valence-electron chi connectivity index (χ3n) is 2.16. The van der Waals surface area contributed by atoms with E-state index in [1.807, 2.05) is 0 Å². The van der Waals surface area contributed by atoms with Crippen LogP contribution in [-0.4, -0.2) is 36.6 Å². The maximum atomic E-state index is 11.5. The number of carbonyl (C=O) groups excluding carboxylic acids is 3. The minimum Gasteiger partial charge on any atom is -0.428 e. The van der Waals surface area contributed by atoms with Crippen LogP contribution in [0.3, 0.4) is 0 Å². The highest BCUT2D eigenvalue weighted by Gasteiger charge is 2.32. The van der Waals surface area contributed by atoms with Crippen molar-refractivity contribution in [1.29, 1.82) is 0 Å². The summed E-state index contributed by atoms with van der Waals surface area (Å²) in [5, 5.41) is 2.84. The van der Waals surface area contributed by atoms with E-state index in [4.69, 9.17) is 4.74 Å². The fraction of sp³-hybridized carbons (Fsp3) is 0.727. The van der Waals surface area contributed by atoms with Gasteiger partial charge in [0.05, 0.1) is 6.54 Å². The molecule has 6 nitrogen and oxygen atoms in total. The molecule has 1 N–H and O–H groups in total. The van der Waals surface area contributed by atoms with Crippen LogP contribution < -0.4 is 5.32 Å². The third kappa shape index (κ3) is 4.52. The fourth-order valence-electron chi connectivity index (χ4n) is 1.42. The van der Waals surface area contributed by atoms with Crippen molar-refractivity contribution in [1.82, 2.24) is 5.32 Å². The van der Waals surface area contributed by atoms with Crippen molar-refractivity contribution in [2.45, 2.75) is 32.8 Å². The van der Waals surface area contributed by atoms with E-state index in [1.165, 1.54) is 0 Å². The van der Waals surface area contributed by atoms with Crippen LogP contribution in [0, 0.1) is 5.92 Å². The highest BCUT2D eigenvalue weighted by molar-refractivity contribution is 6.02. The largest absolute Gasteiger partial charge is 0.516 e. The summed E-state index contributed by atoms with van der Waals surface area (Å²) < 4.78 is 9.31. The number of esters is 1. The molecule has 1 atom stereocenters. The molecule has 0 aromatic rings. The van der Waals surface area contributed by atoms with Gasteiger partial charge in [-0.25, -0.2) is 4.79 Å². The first-order valence-electron chi connectivity index (χ1n) is 5.48. The molecule has 1 saturated heterocycles. The molecule has 0 radical (unpaired) electrons. The summed E-state index contributed by atoms with van der Waals surface area (Å²) >= 11 is 0. The molecule has 1 unspecified atom stereocenters. The quantitative estimate of drug-likeness (QED) is 0.537. The lowest BCUT2D eigenvalue weighted by molar-refractivity contribution is -0.150. The zero-order valence-electron chi connectivity index (χ0n) is 10.2. The molecule has 1 fully saturated rings. The van der Waals surface area contributed by atoms with Gasteiger partial charge in [0.1, 0.15) is 11.5 Å². The summed E-state index contributed by atoms with van der Waals surface area (Å²) in [5.74, 6) is -1.95. The first-order chi connectivity index (χ1) is 7.79. The SMILES string of the molecule is CC(C)(C)OC(=O)OC(=O)C1CCNCC1=O. The Balaban J connectivity index is 2.48. The van der Waals surface area contributed by atoms with Gasteiger partial charge >= 0.3 is 12.1 Å². The number of ketones is 1. The van der Waals surface area contributed by atoms with E-state index in [1.54, 1.807) is 20.8 Å². The molecule has 1 heterocycles. The molecule has 0 aromatic carbocycles. The van der Waals surface area contributed by atoms with Gasteiger partial charge < -0.3 is 14.8 Å². The molecule has 0 saturated carbocycles. The van der Waals surface area contributed by atoms with E-state index < -0.39 is 23.6 Å². The Morgan fingerprint density at radius 2 is 2.00 bits per heavy atom. The summed E-state index contributed by atoms with van der Waals surface area (Å²) in [7, 11) is 0. The Morgan fingerprint density at radius 3 is 2.53 bits per heavy atom. The number of piperidine rings is 1. The lowest BCUT2D eigenvalue weighted by atomic mass is 9.97. The van der Waals surface area contributed by atoms with E-state index in [-0.39, 0.29) is 12.3 Å². The third-order valence-corrected chi connectivity index (χ3v) is 2.16. The summed E-state index contributed by atoms with van der Waals surface area (Å²) in [6, 6.07) is 0. The van der Waals surface area contributed by atoms with Gasteiger partial charge in [0, 0.05) is 0 Å². The molecule has 0 spiro atoms. The van der Waals surface area contributed by atoms with Crippen LogP contribution in [-0.2, 0) is 19.1 Å². The number of Topliss-reactive ketones (excluding diaryl/α,β-unsaturated/α-hetero) is 1. The van der Waals surface area contributed by atoms with E-state index in [2.05, 4.69) is 10.1 Å². The number of hydrogen-bond donors (Lipinski definition) is 1. The monoisotopic (exact) mass is 243 g/mol. The molecule has 1 rings (SSSR count). The van der Waals surface area contributed by atoms with Crippen LogP contribution in [0.15, 0.2) is 0 Å². The molecule has 0 amide bonds. The number of hydrogen-bond acceptors (Lipinski definition) is 6. The van der Waals surface area contributed by atoms with E-state index in [9.17, 15) is 14.4 Å². The van der Waals surface area contributed by atoms with Crippen LogP contribution in [0.1, 0.15) is 27.2 Å². The van der Waals surface area contributed by atoms with Gasteiger partial charge in [0.15, 0.2) is 5.78 Å². The van der Waals surface area contributed by atoms with Crippen LogP contribution in [0.4, 0.5) is 4.79 Å². The maximum Gasteiger partial charge on any atom is 0.516 e. The number of nitrogens with one attached hydrogen (secondary N) is 1. The molecule has 0 aliphatic carbocycles. The minimum atomic E-state index is -1.06. The second kappa shape index (κ2) is 5.27.